The predicted molar refractivity (Wildman–Crippen MR) is 89.5 cm³/mol. The van der Waals surface area contributed by atoms with E-state index in [1.807, 2.05) is 25.1 Å². The van der Waals surface area contributed by atoms with Gasteiger partial charge in [-0.3, -0.25) is 9.59 Å². The highest BCUT2D eigenvalue weighted by Crippen LogP contribution is 2.11. The van der Waals surface area contributed by atoms with Gasteiger partial charge < -0.3 is 15.4 Å². The molecule has 0 aliphatic rings. The highest BCUT2D eigenvalue weighted by atomic mass is 16.5. The van der Waals surface area contributed by atoms with Crippen molar-refractivity contribution in [2.24, 2.45) is 0 Å². The molecule has 0 atom stereocenters. The lowest BCUT2D eigenvalue weighted by atomic mass is 10.2. The van der Waals surface area contributed by atoms with Crippen LogP contribution < -0.4 is 15.4 Å². The molecular weight excluding hydrogens is 306 g/mol. The zero-order valence-electron chi connectivity index (χ0n) is 13.2. The third-order valence-electron chi connectivity index (χ3n) is 3.13. The van der Waals surface area contributed by atoms with E-state index in [-0.39, 0.29) is 25.0 Å². The van der Waals surface area contributed by atoms with Crippen molar-refractivity contribution < 1.29 is 14.3 Å². The van der Waals surface area contributed by atoms with Gasteiger partial charge in [0.05, 0.1) is 18.2 Å². The summed E-state index contributed by atoms with van der Waals surface area (Å²) in [6.07, 6.45) is 0. The van der Waals surface area contributed by atoms with E-state index in [4.69, 9.17) is 10.00 Å². The number of amides is 2. The fourth-order valence-corrected chi connectivity index (χ4v) is 1.85. The smallest absolute Gasteiger partial charge is 0.258 e. The van der Waals surface area contributed by atoms with E-state index in [0.717, 1.165) is 5.56 Å². The van der Waals surface area contributed by atoms with Crippen molar-refractivity contribution in [1.29, 1.82) is 5.26 Å². The van der Waals surface area contributed by atoms with E-state index < -0.39 is 0 Å². The molecule has 0 spiro atoms. The maximum Gasteiger partial charge on any atom is 0.258 e. The Morgan fingerprint density at radius 1 is 1.04 bits per heavy atom. The van der Waals surface area contributed by atoms with E-state index >= 15 is 0 Å². The Kier molecular flexibility index (Phi) is 5.92. The normalized spacial score (nSPS) is 9.67. The number of aryl methyl sites for hydroxylation is 1. The molecule has 6 heteroatoms. The molecule has 0 saturated carbocycles. The Bertz CT molecular complexity index is 747. The zero-order valence-corrected chi connectivity index (χ0v) is 13.2. The van der Waals surface area contributed by atoms with E-state index in [1.165, 1.54) is 0 Å². The van der Waals surface area contributed by atoms with Crippen molar-refractivity contribution >= 4 is 17.5 Å². The van der Waals surface area contributed by atoms with Crippen LogP contribution in [0.3, 0.4) is 0 Å². The summed E-state index contributed by atoms with van der Waals surface area (Å²) in [4.78, 5) is 23.4. The van der Waals surface area contributed by atoms with E-state index in [2.05, 4.69) is 10.6 Å². The van der Waals surface area contributed by atoms with Crippen LogP contribution in [0, 0.1) is 18.3 Å². The van der Waals surface area contributed by atoms with Crippen molar-refractivity contribution in [1.82, 2.24) is 5.32 Å². The first kappa shape index (κ1) is 17.0. The van der Waals surface area contributed by atoms with Crippen LogP contribution in [0.15, 0.2) is 48.5 Å². The van der Waals surface area contributed by atoms with Gasteiger partial charge in [-0.05, 0) is 43.3 Å². The second-order valence-electron chi connectivity index (χ2n) is 5.12. The van der Waals surface area contributed by atoms with Gasteiger partial charge in [-0.1, -0.05) is 17.7 Å². The number of carbonyl (C=O) groups is 2. The largest absolute Gasteiger partial charge is 0.484 e. The Labute approximate surface area is 140 Å². The van der Waals surface area contributed by atoms with Gasteiger partial charge in [0.15, 0.2) is 6.61 Å². The van der Waals surface area contributed by atoms with Crippen molar-refractivity contribution in [2.75, 3.05) is 18.5 Å². The molecule has 6 nitrogen and oxygen atoms in total. The minimum Gasteiger partial charge on any atom is -0.484 e. The number of anilines is 1. The number of nitrogens with one attached hydrogen (secondary N) is 2. The monoisotopic (exact) mass is 323 g/mol. The van der Waals surface area contributed by atoms with Crippen molar-refractivity contribution in [2.45, 2.75) is 6.92 Å². The van der Waals surface area contributed by atoms with E-state index in [9.17, 15) is 9.59 Å². The maximum absolute atomic E-state index is 11.8. The number of rotatable bonds is 6. The van der Waals surface area contributed by atoms with Crippen LogP contribution in [0.2, 0.25) is 0 Å². The average molecular weight is 323 g/mol. The molecule has 2 amide bonds. The topological polar surface area (TPSA) is 91.2 Å². The maximum atomic E-state index is 11.8. The first-order valence-corrected chi connectivity index (χ1v) is 7.33. The molecule has 2 aromatic rings. The van der Waals surface area contributed by atoms with Crippen LogP contribution in [-0.2, 0) is 9.59 Å². The Morgan fingerprint density at radius 2 is 1.71 bits per heavy atom. The van der Waals surface area contributed by atoms with Gasteiger partial charge in [0.1, 0.15) is 5.75 Å². The van der Waals surface area contributed by atoms with Gasteiger partial charge in [0.25, 0.3) is 5.91 Å². The molecule has 122 valence electrons. The molecule has 0 heterocycles. The molecule has 0 bridgehead atoms. The summed E-state index contributed by atoms with van der Waals surface area (Å²) in [5.74, 6) is -0.147. The van der Waals surface area contributed by atoms with E-state index in [0.29, 0.717) is 17.0 Å². The lowest BCUT2D eigenvalue weighted by molar-refractivity contribution is -0.125. The standard InChI is InChI=1S/C18H17N3O3/c1-13-2-8-16(9-3-13)24-12-18(23)20-11-17(22)21-15-6-4-14(10-19)5-7-15/h2-9H,11-12H2,1H3,(H,20,23)(H,21,22). The fourth-order valence-electron chi connectivity index (χ4n) is 1.85. The van der Waals surface area contributed by atoms with Crippen molar-refractivity contribution in [3.63, 3.8) is 0 Å². The Hall–Kier alpha value is -3.33. The molecule has 0 unspecified atom stereocenters. The van der Waals surface area contributed by atoms with Gasteiger partial charge in [-0.25, -0.2) is 0 Å². The van der Waals surface area contributed by atoms with Crippen LogP contribution in [-0.4, -0.2) is 25.0 Å². The molecule has 2 rings (SSSR count). The van der Waals surface area contributed by atoms with Crippen LogP contribution in [0.5, 0.6) is 5.75 Å². The van der Waals surface area contributed by atoms with Gasteiger partial charge >= 0.3 is 0 Å². The summed E-state index contributed by atoms with van der Waals surface area (Å²) in [7, 11) is 0. The van der Waals surface area contributed by atoms with Crippen LogP contribution >= 0.6 is 0 Å². The summed E-state index contributed by atoms with van der Waals surface area (Å²) < 4.78 is 5.32. The first-order valence-electron chi connectivity index (χ1n) is 7.33. The van der Waals surface area contributed by atoms with E-state index in [1.54, 1.807) is 36.4 Å². The SMILES string of the molecule is Cc1ccc(OCC(=O)NCC(=O)Nc2ccc(C#N)cc2)cc1. The zero-order chi connectivity index (χ0) is 17.4. The number of hydrogen-bond donors (Lipinski definition) is 2. The number of carbonyl (C=O) groups excluding carboxylic acids is 2. The summed E-state index contributed by atoms with van der Waals surface area (Å²) in [5.41, 5.74) is 2.17. The number of ether oxygens (including phenoxy) is 1. The molecule has 0 aliphatic carbocycles. The van der Waals surface area contributed by atoms with Gasteiger partial charge in [0, 0.05) is 5.69 Å². The third-order valence-corrected chi connectivity index (χ3v) is 3.13. The molecule has 0 aliphatic heterocycles. The molecule has 0 aromatic heterocycles. The lowest BCUT2D eigenvalue weighted by Gasteiger charge is -2.08. The molecule has 0 radical (unpaired) electrons. The molecule has 0 fully saturated rings. The summed E-state index contributed by atoms with van der Waals surface area (Å²) in [6, 6.07) is 15.8. The molecule has 24 heavy (non-hydrogen) atoms. The lowest BCUT2D eigenvalue weighted by Crippen LogP contribution is -2.35. The first-order chi connectivity index (χ1) is 11.6. The number of hydrogen-bond acceptors (Lipinski definition) is 4. The molecule has 2 aromatic carbocycles. The highest BCUT2D eigenvalue weighted by Gasteiger charge is 2.07. The van der Waals surface area contributed by atoms with Crippen LogP contribution in [0.4, 0.5) is 5.69 Å². The van der Waals surface area contributed by atoms with Gasteiger partial charge in [-0.2, -0.15) is 5.26 Å². The minimum atomic E-state index is -0.384. The number of benzene rings is 2. The summed E-state index contributed by atoms with van der Waals surface area (Å²) >= 11 is 0. The third kappa shape index (κ3) is 5.46. The minimum absolute atomic E-state index is 0.157. The molecule has 0 saturated heterocycles. The fraction of sp³-hybridized carbons (Fsp3) is 0.167. The van der Waals surface area contributed by atoms with Crippen molar-refractivity contribution in [3.8, 4) is 11.8 Å². The van der Waals surface area contributed by atoms with Crippen LogP contribution in [0.1, 0.15) is 11.1 Å². The number of nitrogens with zero attached hydrogens (tertiary/aromatic N) is 1. The Balaban J connectivity index is 1.71. The summed E-state index contributed by atoms with van der Waals surface area (Å²) in [5, 5.41) is 13.8. The van der Waals surface area contributed by atoms with Crippen LogP contribution in [0.25, 0.3) is 0 Å². The summed E-state index contributed by atoms with van der Waals surface area (Å²) in [6.45, 7) is 1.65. The predicted octanol–water partition coefficient (Wildman–Crippen LogP) is 2.00. The quantitative estimate of drug-likeness (QED) is 0.850. The Morgan fingerprint density at radius 3 is 2.33 bits per heavy atom. The molecule has 2 N–H and O–H groups in total. The highest BCUT2D eigenvalue weighted by molar-refractivity contribution is 5.94. The second-order valence-corrected chi connectivity index (χ2v) is 5.12. The average Bonchev–Trinajstić information content (AvgIpc) is 2.60. The molecular formula is C18H17N3O3. The van der Waals surface area contributed by atoms with Crippen molar-refractivity contribution in [3.05, 3.63) is 59.7 Å². The van der Waals surface area contributed by atoms with Gasteiger partial charge in [0.2, 0.25) is 5.91 Å². The van der Waals surface area contributed by atoms with Gasteiger partial charge in [-0.15, -0.1) is 0 Å². The second kappa shape index (κ2) is 8.34. The number of nitriles is 1.